The first-order valence-electron chi connectivity index (χ1n) is 6.06. The van der Waals surface area contributed by atoms with Gasteiger partial charge in [0.25, 0.3) is 0 Å². The van der Waals surface area contributed by atoms with Crippen molar-refractivity contribution in [2.45, 2.75) is 12.5 Å². The predicted molar refractivity (Wildman–Crippen MR) is 79.1 cm³/mol. The summed E-state index contributed by atoms with van der Waals surface area (Å²) in [5, 5.41) is 12.1. The minimum Gasteiger partial charge on any atom is -0.479 e. The van der Waals surface area contributed by atoms with Gasteiger partial charge in [-0.25, -0.2) is 13.6 Å². The van der Waals surface area contributed by atoms with Gasteiger partial charge in [-0.2, -0.15) is 0 Å². The summed E-state index contributed by atoms with van der Waals surface area (Å²) in [6.45, 7) is 1.22. The molecule has 3 nitrogen and oxygen atoms in total. The number of aliphatic carboxylic acids is 1. The second-order valence-corrected chi connectivity index (χ2v) is 5.57. The highest BCUT2D eigenvalue weighted by Crippen LogP contribution is 2.31. The molecule has 0 fully saturated rings. The van der Waals surface area contributed by atoms with E-state index in [1.54, 1.807) is 24.3 Å². The summed E-state index contributed by atoms with van der Waals surface area (Å²) in [5.41, 5.74) is -2.02. The largest absolute Gasteiger partial charge is 0.479 e. The number of halogens is 3. The fourth-order valence-corrected chi connectivity index (χ4v) is 2.28. The Morgan fingerprint density at radius 3 is 2.14 bits per heavy atom. The van der Waals surface area contributed by atoms with Crippen LogP contribution < -0.4 is 5.32 Å². The van der Waals surface area contributed by atoms with E-state index in [1.807, 2.05) is 0 Å². The third-order valence-corrected chi connectivity index (χ3v) is 3.66. The molecule has 0 bridgehead atoms. The lowest BCUT2D eigenvalue weighted by Crippen LogP contribution is -2.42. The van der Waals surface area contributed by atoms with Crippen LogP contribution in [0.2, 0.25) is 0 Å². The van der Waals surface area contributed by atoms with Crippen LogP contribution >= 0.6 is 15.9 Å². The lowest BCUT2D eigenvalue weighted by molar-refractivity contribution is -0.142. The quantitative estimate of drug-likeness (QED) is 0.866. The van der Waals surface area contributed by atoms with Gasteiger partial charge < -0.3 is 10.4 Å². The molecule has 1 unspecified atom stereocenters. The fraction of sp³-hybridized carbons (Fsp3) is 0.133. The Labute approximate surface area is 128 Å². The van der Waals surface area contributed by atoms with Crippen LogP contribution in [-0.2, 0) is 10.3 Å². The number of hydrogen-bond acceptors (Lipinski definition) is 2. The van der Waals surface area contributed by atoms with E-state index in [1.165, 1.54) is 13.0 Å². The molecule has 1 atom stereocenters. The molecule has 6 heteroatoms. The van der Waals surface area contributed by atoms with Crippen LogP contribution in [0.4, 0.5) is 14.5 Å². The Bertz CT molecular complexity index is 656. The molecular weight excluding hydrogens is 344 g/mol. The normalized spacial score (nSPS) is 13.5. The number of carboxylic acids is 1. The summed E-state index contributed by atoms with van der Waals surface area (Å²) in [6, 6.07) is 9.88. The van der Waals surface area contributed by atoms with Crippen molar-refractivity contribution in [3.8, 4) is 0 Å². The molecule has 21 heavy (non-hydrogen) atoms. The molecule has 2 rings (SSSR count). The molecule has 0 aliphatic carbocycles. The molecule has 2 aromatic carbocycles. The highest BCUT2D eigenvalue weighted by atomic mass is 79.9. The Morgan fingerprint density at radius 1 is 1.14 bits per heavy atom. The SMILES string of the molecule is CC(Nc1ccc(Br)cc1)(C(=O)O)c1c(F)cccc1F. The number of rotatable bonds is 4. The first-order chi connectivity index (χ1) is 9.84. The molecule has 110 valence electrons. The summed E-state index contributed by atoms with van der Waals surface area (Å²) in [6.07, 6.45) is 0. The van der Waals surface area contributed by atoms with Crippen molar-refractivity contribution in [1.82, 2.24) is 0 Å². The van der Waals surface area contributed by atoms with Gasteiger partial charge in [-0.3, -0.25) is 0 Å². The van der Waals surface area contributed by atoms with E-state index in [9.17, 15) is 18.7 Å². The van der Waals surface area contributed by atoms with Gasteiger partial charge in [0.1, 0.15) is 11.6 Å². The first kappa shape index (κ1) is 15.4. The predicted octanol–water partition coefficient (Wildman–Crippen LogP) is 4.14. The van der Waals surface area contributed by atoms with Crippen LogP contribution in [0.3, 0.4) is 0 Å². The van der Waals surface area contributed by atoms with Crippen LogP contribution in [0, 0.1) is 11.6 Å². The number of hydrogen-bond donors (Lipinski definition) is 2. The molecule has 0 aliphatic heterocycles. The maximum absolute atomic E-state index is 13.9. The maximum atomic E-state index is 13.9. The van der Waals surface area contributed by atoms with Gasteiger partial charge in [0.2, 0.25) is 0 Å². The van der Waals surface area contributed by atoms with Gasteiger partial charge >= 0.3 is 5.97 Å². The van der Waals surface area contributed by atoms with Gasteiger partial charge in [-0.1, -0.05) is 22.0 Å². The third kappa shape index (κ3) is 3.05. The van der Waals surface area contributed by atoms with Gasteiger partial charge in [-0.05, 0) is 43.3 Å². The number of benzene rings is 2. The molecule has 0 aromatic heterocycles. The van der Waals surface area contributed by atoms with Crippen molar-refractivity contribution in [3.05, 3.63) is 64.1 Å². The van der Waals surface area contributed by atoms with E-state index >= 15 is 0 Å². The van der Waals surface area contributed by atoms with Crippen LogP contribution in [0.15, 0.2) is 46.9 Å². The molecule has 0 saturated carbocycles. The smallest absolute Gasteiger partial charge is 0.333 e. The van der Waals surface area contributed by atoms with Crippen molar-refractivity contribution in [1.29, 1.82) is 0 Å². The second kappa shape index (κ2) is 5.81. The molecule has 0 saturated heterocycles. The van der Waals surface area contributed by atoms with Crippen molar-refractivity contribution < 1.29 is 18.7 Å². The molecule has 2 aromatic rings. The van der Waals surface area contributed by atoms with Crippen molar-refractivity contribution in [2.24, 2.45) is 0 Å². The lowest BCUT2D eigenvalue weighted by Gasteiger charge is -2.28. The van der Waals surface area contributed by atoms with Crippen LogP contribution in [0.25, 0.3) is 0 Å². The number of carbonyl (C=O) groups is 1. The summed E-state index contributed by atoms with van der Waals surface area (Å²) < 4.78 is 28.7. The minimum atomic E-state index is -1.93. The summed E-state index contributed by atoms with van der Waals surface area (Å²) >= 11 is 3.26. The fourth-order valence-electron chi connectivity index (χ4n) is 2.02. The summed E-state index contributed by atoms with van der Waals surface area (Å²) in [7, 11) is 0. The van der Waals surface area contributed by atoms with E-state index in [-0.39, 0.29) is 0 Å². The van der Waals surface area contributed by atoms with Gasteiger partial charge in [0.05, 0.1) is 5.56 Å². The zero-order valence-corrected chi connectivity index (χ0v) is 12.6. The van der Waals surface area contributed by atoms with Gasteiger partial charge in [0, 0.05) is 10.2 Å². The zero-order chi connectivity index (χ0) is 15.6. The van der Waals surface area contributed by atoms with Crippen molar-refractivity contribution in [2.75, 3.05) is 5.32 Å². The molecule has 0 aliphatic rings. The van der Waals surface area contributed by atoms with E-state index in [2.05, 4.69) is 21.2 Å². The van der Waals surface area contributed by atoms with Gasteiger partial charge in [-0.15, -0.1) is 0 Å². The molecule has 2 N–H and O–H groups in total. The first-order valence-corrected chi connectivity index (χ1v) is 6.85. The standard InChI is InChI=1S/C15H12BrF2NO2/c1-15(14(20)21,13-11(17)3-2-4-12(13)18)19-10-7-5-9(16)6-8-10/h2-8,19H,1H3,(H,20,21). The second-order valence-electron chi connectivity index (χ2n) is 4.66. The minimum absolute atomic E-state index is 0.436. The Morgan fingerprint density at radius 2 is 1.67 bits per heavy atom. The van der Waals surface area contributed by atoms with E-state index < -0.39 is 28.7 Å². The maximum Gasteiger partial charge on any atom is 0.333 e. The van der Waals surface area contributed by atoms with E-state index in [4.69, 9.17) is 0 Å². The summed E-state index contributed by atoms with van der Waals surface area (Å²) in [4.78, 5) is 11.6. The summed E-state index contributed by atoms with van der Waals surface area (Å²) in [5.74, 6) is -3.21. The highest BCUT2D eigenvalue weighted by molar-refractivity contribution is 9.10. The molecule has 0 radical (unpaired) electrons. The molecule has 0 amide bonds. The number of nitrogens with one attached hydrogen (secondary N) is 1. The average Bonchev–Trinajstić information content (AvgIpc) is 2.41. The third-order valence-electron chi connectivity index (χ3n) is 3.13. The Hall–Kier alpha value is -1.95. The number of anilines is 1. The van der Waals surface area contributed by atoms with Crippen LogP contribution in [-0.4, -0.2) is 11.1 Å². The molecule has 0 spiro atoms. The van der Waals surface area contributed by atoms with E-state index in [0.29, 0.717) is 5.69 Å². The average molecular weight is 356 g/mol. The Kier molecular flexibility index (Phi) is 4.27. The van der Waals surface area contributed by atoms with E-state index in [0.717, 1.165) is 16.6 Å². The highest BCUT2D eigenvalue weighted by Gasteiger charge is 2.40. The Balaban J connectivity index is 2.51. The molecule has 0 heterocycles. The zero-order valence-electron chi connectivity index (χ0n) is 11.0. The monoisotopic (exact) mass is 355 g/mol. The lowest BCUT2D eigenvalue weighted by atomic mass is 9.90. The topological polar surface area (TPSA) is 49.3 Å². The van der Waals surface area contributed by atoms with Crippen molar-refractivity contribution in [3.63, 3.8) is 0 Å². The van der Waals surface area contributed by atoms with Crippen LogP contribution in [0.5, 0.6) is 0 Å². The number of carboxylic acid groups (broad SMARTS) is 1. The molecular formula is C15H12BrF2NO2. The van der Waals surface area contributed by atoms with Crippen LogP contribution in [0.1, 0.15) is 12.5 Å². The van der Waals surface area contributed by atoms with Gasteiger partial charge in [0.15, 0.2) is 5.54 Å². The van der Waals surface area contributed by atoms with Crippen molar-refractivity contribution >= 4 is 27.6 Å².